The maximum absolute atomic E-state index is 12.4. The fraction of sp³-hybridized carbons (Fsp3) is 0.190. The Bertz CT molecular complexity index is 1220. The number of nitrogens with two attached hydrogens (primary N) is 1. The van der Waals surface area contributed by atoms with Gasteiger partial charge in [-0.15, -0.1) is 0 Å². The van der Waals surface area contributed by atoms with Crippen LogP contribution in [0.1, 0.15) is 23.8 Å². The third-order valence-electron chi connectivity index (χ3n) is 4.72. The van der Waals surface area contributed by atoms with Gasteiger partial charge < -0.3 is 14.5 Å². The van der Waals surface area contributed by atoms with Gasteiger partial charge in [0.05, 0.1) is 12.0 Å². The summed E-state index contributed by atoms with van der Waals surface area (Å²) < 4.78 is 33.8. The quantitative estimate of drug-likeness (QED) is 0.618. The van der Waals surface area contributed by atoms with Crippen LogP contribution >= 0.6 is 0 Å². The van der Waals surface area contributed by atoms with Gasteiger partial charge in [0.1, 0.15) is 17.1 Å². The molecule has 8 heteroatoms. The summed E-state index contributed by atoms with van der Waals surface area (Å²) in [5.74, 6) is 1.08. The summed E-state index contributed by atoms with van der Waals surface area (Å²) in [5.41, 5.74) is 3.71. The summed E-state index contributed by atoms with van der Waals surface area (Å²) in [4.78, 5) is 12.4. The summed E-state index contributed by atoms with van der Waals surface area (Å²) in [7, 11) is -2.21. The predicted octanol–water partition coefficient (Wildman–Crippen LogP) is 3.75. The molecule has 0 atom stereocenters. The Morgan fingerprint density at radius 3 is 2.41 bits per heavy atom. The Labute approximate surface area is 169 Å². The molecule has 152 valence electrons. The first-order valence-electron chi connectivity index (χ1n) is 8.80. The van der Waals surface area contributed by atoms with E-state index in [1.165, 1.54) is 30.3 Å². The molecule has 0 aliphatic heterocycles. The van der Waals surface area contributed by atoms with Crippen LogP contribution in [-0.2, 0) is 14.8 Å². The first-order chi connectivity index (χ1) is 13.6. The van der Waals surface area contributed by atoms with Crippen LogP contribution in [0.15, 0.2) is 51.8 Å². The van der Waals surface area contributed by atoms with E-state index in [0.717, 1.165) is 27.9 Å². The first kappa shape index (κ1) is 20.6. The Balaban J connectivity index is 1.88. The number of anilines is 1. The van der Waals surface area contributed by atoms with Gasteiger partial charge in [-0.1, -0.05) is 0 Å². The van der Waals surface area contributed by atoms with E-state index in [-0.39, 0.29) is 10.8 Å². The molecular formula is C21H22N2O5S. The van der Waals surface area contributed by atoms with Crippen molar-refractivity contribution in [1.82, 2.24) is 0 Å². The van der Waals surface area contributed by atoms with Gasteiger partial charge in [-0.25, -0.2) is 13.6 Å². The molecule has 0 aliphatic rings. The number of carbonyl (C=O) groups is 1. The van der Waals surface area contributed by atoms with Crippen molar-refractivity contribution in [2.24, 2.45) is 5.14 Å². The normalized spacial score (nSPS) is 12.2. The van der Waals surface area contributed by atoms with E-state index >= 15 is 0 Å². The van der Waals surface area contributed by atoms with Crippen molar-refractivity contribution in [2.75, 3.05) is 12.4 Å². The Morgan fingerprint density at radius 1 is 1.17 bits per heavy atom. The number of hydrogen-bond donors (Lipinski definition) is 2. The molecule has 1 heterocycles. The average molecular weight is 414 g/mol. The molecule has 0 unspecified atom stereocenters. The number of rotatable bonds is 5. The highest BCUT2D eigenvalue weighted by molar-refractivity contribution is 7.89. The van der Waals surface area contributed by atoms with Crippen LogP contribution in [0.4, 0.5) is 5.69 Å². The van der Waals surface area contributed by atoms with E-state index in [1.807, 2.05) is 32.9 Å². The highest BCUT2D eigenvalue weighted by Gasteiger charge is 2.14. The molecule has 0 saturated heterocycles. The maximum atomic E-state index is 12.4. The number of amides is 1. The molecule has 2 aromatic carbocycles. The van der Waals surface area contributed by atoms with E-state index in [1.54, 1.807) is 7.11 Å². The molecule has 0 fully saturated rings. The van der Waals surface area contributed by atoms with Crippen LogP contribution in [0.25, 0.3) is 16.5 Å². The van der Waals surface area contributed by atoms with Crippen molar-refractivity contribution in [1.29, 1.82) is 0 Å². The van der Waals surface area contributed by atoms with Gasteiger partial charge in [0, 0.05) is 28.8 Å². The van der Waals surface area contributed by atoms with E-state index in [0.29, 0.717) is 17.0 Å². The highest BCUT2D eigenvalue weighted by atomic mass is 32.2. The molecule has 1 amide bonds. The SMILES string of the molecule is COc1cc2oc(C)c(C)c2cc1/C(C)=C/C(=O)Nc1ccc(S(N)(=O)=O)cc1. The molecule has 0 spiro atoms. The molecule has 3 rings (SSSR count). The zero-order chi connectivity index (χ0) is 21.3. The lowest BCUT2D eigenvalue weighted by molar-refractivity contribution is -0.111. The zero-order valence-electron chi connectivity index (χ0n) is 16.6. The number of nitrogens with one attached hydrogen (secondary N) is 1. The van der Waals surface area contributed by atoms with Gasteiger partial charge in [-0.05, 0) is 62.2 Å². The molecule has 0 aliphatic carbocycles. The smallest absolute Gasteiger partial charge is 0.248 e. The lowest BCUT2D eigenvalue weighted by Gasteiger charge is -2.10. The van der Waals surface area contributed by atoms with Crippen LogP contribution in [0.2, 0.25) is 0 Å². The van der Waals surface area contributed by atoms with Crippen molar-refractivity contribution in [3.05, 3.63) is 59.4 Å². The molecule has 0 radical (unpaired) electrons. The molecule has 1 aromatic heterocycles. The minimum Gasteiger partial charge on any atom is -0.496 e. The molecule has 29 heavy (non-hydrogen) atoms. The van der Waals surface area contributed by atoms with Crippen molar-refractivity contribution in [3.8, 4) is 5.75 Å². The molecule has 3 N–H and O–H groups in total. The minimum atomic E-state index is -3.78. The number of benzene rings is 2. The Kier molecular flexibility index (Phi) is 5.50. The molecule has 7 nitrogen and oxygen atoms in total. The van der Waals surface area contributed by atoms with E-state index in [9.17, 15) is 13.2 Å². The van der Waals surface area contributed by atoms with Crippen molar-refractivity contribution < 1.29 is 22.4 Å². The number of ether oxygens (including phenoxy) is 1. The monoisotopic (exact) mass is 414 g/mol. The summed E-state index contributed by atoms with van der Waals surface area (Å²) in [6.45, 7) is 5.70. The summed E-state index contributed by atoms with van der Waals surface area (Å²) in [5, 5.41) is 8.74. The van der Waals surface area contributed by atoms with Crippen molar-refractivity contribution in [2.45, 2.75) is 25.7 Å². The third-order valence-corrected chi connectivity index (χ3v) is 5.65. The predicted molar refractivity (Wildman–Crippen MR) is 112 cm³/mol. The van der Waals surface area contributed by atoms with Gasteiger partial charge in [-0.3, -0.25) is 4.79 Å². The number of aryl methyl sites for hydroxylation is 2. The summed E-state index contributed by atoms with van der Waals surface area (Å²) >= 11 is 0. The summed E-state index contributed by atoms with van der Waals surface area (Å²) in [6.07, 6.45) is 1.46. The maximum Gasteiger partial charge on any atom is 0.248 e. The number of carbonyl (C=O) groups excluding carboxylic acids is 1. The topological polar surface area (TPSA) is 112 Å². The molecule has 0 saturated carbocycles. The zero-order valence-corrected chi connectivity index (χ0v) is 17.4. The summed E-state index contributed by atoms with van der Waals surface area (Å²) in [6, 6.07) is 9.38. The largest absolute Gasteiger partial charge is 0.496 e. The number of hydrogen-bond acceptors (Lipinski definition) is 5. The fourth-order valence-corrected chi connectivity index (χ4v) is 3.54. The van der Waals surface area contributed by atoms with E-state index in [4.69, 9.17) is 14.3 Å². The number of methoxy groups -OCH3 is 1. The van der Waals surface area contributed by atoms with Crippen LogP contribution in [0, 0.1) is 13.8 Å². The van der Waals surface area contributed by atoms with Gasteiger partial charge in [0.25, 0.3) is 0 Å². The van der Waals surface area contributed by atoms with E-state index in [2.05, 4.69) is 5.32 Å². The number of fused-ring (bicyclic) bond motifs is 1. The number of primary sulfonamides is 1. The van der Waals surface area contributed by atoms with Gasteiger partial charge in [0.15, 0.2) is 0 Å². The fourth-order valence-electron chi connectivity index (χ4n) is 3.03. The first-order valence-corrected chi connectivity index (χ1v) is 10.3. The Morgan fingerprint density at radius 2 is 1.83 bits per heavy atom. The van der Waals surface area contributed by atoms with Gasteiger partial charge in [-0.2, -0.15) is 0 Å². The second kappa shape index (κ2) is 7.73. The molecular weight excluding hydrogens is 392 g/mol. The second-order valence-corrected chi connectivity index (χ2v) is 8.28. The van der Waals surface area contributed by atoms with E-state index < -0.39 is 10.0 Å². The van der Waals surface area contributed by atoms with Crippen LogP contribution in [0.5, 0.6) is 5.75 Å². The number of sulfonamides is 1. The van der Waals surface area contributed by atoms with Crippen molar-refractivity contribution in [3.63, 3.8) is 0 Å². The Hall–Kier alpha value is -3.10. The lowest BCUT2D eigenvalue weighted by Crippen LogP contribution is -2.12. The highest BCUT2D eigenvalue weighted by Crippen LogP contribution is 2.34. The van der Waals surface area contributed by atoms with Gasteiger partial charge in [0.2, 0.25) is 15.9 Å². The lowest BCUT2D eigenvalue weighted by atomic mass is 10.0. The standard InChI is InChI=1S/C21H22N2O5S/c1-12(9-21(24)23-15-5-7-16(8-6-15)29(22,25)26)17-10-18-13(2)14(3)28-20(18)11-19(17)27-4/h5-11H,1-4H3,(H,23,24)(H2,22,25,26)/b12-9+. The second-order valence-electron chi connectivity index (χ2n) is 6.72. The number of allylic oxidation sites excluding steroid dienone is 1. The average Bonchev–Trinajstić information content (AvgIpc) is 2.93. The molecule has 3 aromatic rings. The van der Waals surface area contributed by atoms with Crippen LogP contribution in [-0.4, -0.2) is 21.4 Å². The minimum absolute atomic E-state index is 0.0222. The third kappa shape index (κ3) is 4.33. The van der Waals surface area contributed by atoms with Crippen molar-refractivity contribution >= 4 is 38.2 Å². The van der Waals surface area contributed by atoms with Gasteiger partial charge >= 0.3 is 0 Å². The molecule has 0 bridgehead atoms. The number of furan rings is 1. The van der Waals surface area contributed by atoms with Crippen LogP contribution < -0.4 is 15.2 Å². The van der Waals surface area contributed by atoms with Crippen LogP contribution in [0.3, 0.4) is 0 Å².